The lowest BCUT2D eigenvalue weighted by Gasteiger charge is -2.32. The molecule has 8 nitrogen and oxygen atoms in total. The number of benzene rings is 2. The smallest absolute Gasteiger partial charge is 0.436 e. The van der Waals surface area contributed by atoms with Crippen LogP contribution >= 0.6 is 0 Å². The third-order valence-electron chi connectivity index (χ3n) is 7.40. The average Bonchev–Trinajstić information content (AvgIpc) is 3.64. The van der Waals surface area contributed by atoms with Gasteiger partial charge in [0.05, 0.1) is 28.9 Å². The normalized spacial score (nSPS) is 17.1. The molecule has 3 aromatic heterocycles. The van der Waals surface area contributed by atoms with E-state index in [1.165, 1.54) is 12.3 Å². The van der Waals surface area contributed by atoms with E-state index >= 15 is 0 Å². The number of nitrogens with one attached hydrogen (secondary N) is 1. The van der Waals surface area contributed by atoms with Gasteiger partial charge in [-0.05, 0) is 62.1 Å². The summed E-state index contributed by atoms with van der Waals surface area (Å²) in [6.07, 6.45) is -0.522. The predicted octanol–water partition coefficient (Wildman–Crippen LogP) is 6.84. The van der Waals surface area contributed by atoms with E-state index in [9.17, 15) is 32.0 Å². The monoisotopic (exact) mass is 592 g/mol. The van der Waals surface area contributed by atoms with E-state index in [0.29, 0.717) is 59.9 Å². The number of nitrogens with zero attached hydrogens (tertiary/aromatic N) is 5. The number of aromatic nitrogens is 4. The van der Waals surface area contributed by atoms with E-state index in [-0.39, 0.29) is 17.6 Å². The fourth-order valence-corrected chi connectivity index (χ4v) is 5.44. The van der Waals surface area contributed by atoms with Crippen molar-refractivity contribution in [2.75, 3.05) is 0 Å². The topological polar surface area (TPSA) is 110 Å². The van der Waals surface area contributed by atoms with Gasteiger partial charge in [0.15, 0.2) is 5.69 Å². The third kappa shape index (κ3) is 5.43. The first kappa shape index (κ1) is 28.0. The Morgan fingerprint density at radius 1 is 1.09 bits per heavy atom. The van der Waals surface area contributed by atoms with E-state index in [1.807, 2.05) is 4.57 Å². The van der Waals surface area contributed by atoms with E-state index in [1.54, 1.807) is 24.3 Å². The van der Waals surface area contributed by atoms with Crippen molar-refractivity contribution < 1.29 is 31.2 Å². The van der Waals surface area contributed by atoms with E-state index < -0.39 is 41.0 Å². The number of imidazole rings is 1. The molecule has 2 atom stereocenters. The fraction of sp³-hybridized carbons (Fsp3) is 0.233. The number of nitriles is 1. The van der Waals surface area contributed by atoms with Gasteiger partial charge >= 0.3 is 6.18 Å². The summed E-state index contributed by atoms with van der Waals surface area (Å²) in [5.74, 6) is -2.22. The lowest BCUT2D eigenvalue weighted by Crippen LogP contribution is -2.39. The van der Waals surface area contributed by atoms with Crippen LogP contribution in [-0.4, -0.2) is 31.5 Å². The summed E-state index contributed by atoms with van der Waals surface area (Å²) in [4.78, 5) is 25.4. The molecule has 3 heterocycles. The highest BCUT2D eigenvalue weighted by molar-refractivity contribution is 5.94. The van der Waals surface area contributed by atoms with Crippen LogP contribution < -0.4 is 5.32 Å². The molecule has 0 saturated heterocycles. The van der Waals surface area contributed by atoms with Crippen LogP contribution in [0.2, 0.25) is 0 Å². The van der Waals surface area contributed by atoms with Gasteiger partial charge in [0.2, 0.25) is 5.89 Å². The van der Waals surface area contributed by atoms with Gasteiger partial charge in [-0.3, -0.25) is 4.79 Å². The number of oxazole rings is 1. The molecule has 2 aromatic carbocycles. The zero-order valence-electron chi connectivity index (χ0n) is 22.2. The number of carbonyl (C=O) groups is 1. The zero-order valence-corrected chi connectivity index (χ0v) is 22.2. The highest BCUT2D eigenvalue weighted by Gasteiger charge is 2.35. The Kier molecular flexibility index (Phi) is 7.13. The summed E-state index contributed by atoms with van der Waals surface area (Å²) < 4.78 is 74.4. The molecule has 13 heteroatoms. The minimum atomic E-state index is -4.70. The Morgan fingerprint density at radius 2 is 1.91 bits per heavy atom. The van der Waals surface area contributed by atoms with Crippen LogP contribution in [0.3, 0.4) is 0 Å². The number of fused-ring (bicyclic) bond motifs is 1. The maximum absolute atomic E-state index is 14.3. The van der Waals surface area contributed by atoms with Gasteiger partial charge in [0.25, 0.3) is 5.91 Å². The van der Waals surface area contributed by atoms with Crippen molar-refractivity contribution in [3.05, 3.63) is 89.4 Å². The van der Waals surface area contributed by atoms with Crippen LogP contribution in [0.4, 0.5) is 22.0 Å². The average molecular weight is 593 g/mol. The molecular weight excluding hydrogens is 571 g/mol. The number of amides is 1. The second kappa shape index (κ2) is 10.9. The van der Waals surface area contributed by atoms with Gasteiger partial charge in [-0.25, -0.2) is 23.7 Å². The van der Waals surface area contributed by atoms with Gasteiger partial charge in [-0.1, -0.05) is 12.1 Å². The molecule has 0 bridgehead atoms. The zero-order chi connectivity index (χ0) is 30.3. The third-order valence-corrected chi connectivity index (χ3v) is 7.40. The molecule has 1 fully saturated rings. The Hall–Kier alpha value is -5.12. The molecule has 1 amide bonds. The molecule has 5 aromatic rings. The highest BCUT2D eigenvalue weighted by atomic mass is 19.4. The second-order valence-corrected chi connectivity index (χ2v) is 10.2. The molecule has 1 aliphatic rings. The molecule has 0 spiro atoms. The van der Waals surface area contributed by atoms with Crippen molar-refractivity contribution in [1.82, 2.24) is 24.8 Å². The quantitative estimate of drug-likeness (QED) is 0.224. The van der Waals surface area contributed by atoms with Gasteiger partial charge in [-0.15, -0.1) is 0 Å². The van der Waals surface area contributed by atoms with Crippen molar-refractivity contribution in [1.29, 1.82) is 5.26 Å². The van der Waals surface area contributed by atoms with Gasteiger partial charge in [0.1, 0.15) is 34.9 Å². The first-order chi connectivity index (χ1) is 20.6. The summed E-state index contributed by atoms with van der Waals surface area (Å²) in [5.41, 5.74) is 0.269. The maximum Gasteiger partial charge on any atom is 0.436 e. The standard InChI is InChI=1S/C30H21F5N6O2/c31-17-8-9-22(32)21(10-17)28(42)38-18-5-3-6-19(11-18)41-25-12-23(29-40-26(15-43-29)30(33,34)35)37-14-24(25)39-27(41)20-7-2-1-4-16(20)13-36/h1-2,4,7-10,12,14-15,18-19H,3,5-6,11H2,(H,38,42)/t18-,19+/m0/s1. The Balaban J connectivity index is 1.41. The van der Waals surface area contributed by atoms with Crippen LogP contribution in [0.1, 0.15) is 53.3 Å². The van der Waals surface area contributed by atoms with Crippen molar-refractivity contribution >= 4 is 16.9 Å². The molecule has 1 saturated carbocycles. The fourth-order valence-electron chi connectivity index (χ4n) is 5.44. The number of alkyl halides is 3. The van der Waals surface area contributed by atoms with Crippen molar-refractivity contribution in [2.24, 2.45) is 0 Å². The number of carbonyl (C=O) groups excluding carboxylic acids is 1. The summed E-state index contributed by atoms with van der Waals surface area (Å²) in [7, 11) is 0. The lowest BCUT2D eigenvalue weighted by atomic mass is 9.90. The van der Waals surface area contributed by atoms with Crippen molar-refractivity contribution in [2.45, 2.75) is 43.9 Å². The number of hydrogen-bond donors (Lipinski definition) is 1. The van der Waals surface area contributed by atoms with Crippen molar-refractivity contribution in [3.63, 3.8) is 0 Å². The minimum absolute atomic E-state index is 0.0477. The van der Waals surface area contributed by atoms with Gasteiger partial charge in [-0.2, -0.15) is 18.4 Å². The lowest BCUT2D eigenvalue weighted by molar-refractivity contribution is -0.141. The van der Waals surface area contributed by atoms with Crippen LogP contribution in [0.15, 0.2) is 65.4 Å². The SMILES string of the molecule is N#Cc1ccccc1-c1nc2cnc(-c3nc(C(F)(F)F)co3)cc2n1[C@@H]1CCC[C@H](NC(=O)c2cc(F)ccc2F)C1. The largest absolute Gasteiger partial charge is 0.443 e. The Bertz CT molecular complexity index is 1890. The molecule has 6 rings (SSSR count). The molecule has 43 heavy (non-hydrogen) atoms. The molecule has 0 aliphatic heterocycles. The highest BCUT2D eigenvalue weighted by Crippen LogP contribution is 2.38. The van der Waals surface area contributed by atoms with Gasteiger partial charge in [0, 0.05) is 17.6 Å². The Morgan fingerprint density at radius 3 is 2.67 bits per heavy atom. The van der Waals surface area contributed by atoms with Crippen LogP contribution in [0.5, 0.6) is 0 Å². The summed E-state index contributed by atoms with van der Waals surface area (Å²) in [5, 5.41) is 12.6. The molecular formula is C30H21F5N6O2. The number of hydrogen-bond acceptors (Lipinski definition) is 6. The second-order valence-electron chi connectivity index (χ2n) is 10.2. The molecule has 1 N–H and O–H groups in total. The molecule has 1 aliphatic carbocycles. The molecule has 0 radical (unpaired) electrons. The van der Waals surface area contributed by atoms with Crippen molar-refractivity contribution in [3.8, 4) is 29.0 Å². The summed E-state index contributed by atoms with van der Waals surface area (Å²) >= 11 is 0. The number of halogens is 5. The minimum Gasteiger partial charge on any atom is -0.443 e. The summed E-state index contributed by atoms with van der Waals surface area (Å²) in [6.45, 7) is 0. The van der Waals surface area contributed by atoms with Crippen LogP contribution in [-0.2, 0) is 6.18 Å². The molecule has 218 valence electrons. The van der Waals surface area contributed by atoms with Gasteiger partial charge < -0.3 is 14.3 Å². The van der Waals surface area contributed by atoms with Crippen LogP contribution in [0.25, 0.3) is 34.0 Å². The van der Waals surface area contributed by atoms with E-state index in [4.69, 9.17) is 9.40 Å². The first-order valence-corrected chi connectivity index (χ1v) is 13.3. The maximum atomic E-state index is 14.3. The summed E-state index contributed by atoms with van der Waals surface area (Å²) in [6, 6.07) is 12.5. The van der Waals surface area contributed by atoms with E-state index in [2.05, 4.69) is 21.4 Å². The Labute approximate surface area is 240 Å². The van der Waals surface area contributed by atoms with E-state index in [0.717, 1.165) is 18.2 Å². The predicted molar refractivity (Wildman–Crippen MR) is 143 cm³/mol. The number of rotatable bonds is 5. The first-order valence-electron chi connectivity index (χ1n) is 13.3. The number of pyridine rings is 1. The van der Waals surface area contributed by atoms with Crippen LogP contribution in [0, 0.1) is 23.0 Å². The molecule has 0 unspecified atom stereocenters.